The van der Waals surface area contributed by atoms with Crippen LogP contribution in [0, 0.1) is 11.6 Å². The molecule has 0 unspecified atom stereocenters. The van der Waals surface area contributed by atoms with Gasteiger partial charge in [0.2, 0.25) is 0 Å². The third-order valence-electron chi connectivity index (χ3n) is 5.97. The molecule has 37 heavy (non-hydrogen) atoms. The molecule has 1 aliphatic carbocycles. The van der Waals surface area contributed by atoms with E-state index in [0.29, 0.717) is 30.4 Å². The van der Waals surface area contributed by atoms with Gasteiger partial charge in [-0.2, -0.15) is 0 Å². The highest BCUT2D eigenvalue weighted by atomic mass is 19.2. The third-order valence-corrected chi connectivity index (χ3v) is 5.97. The van der Waals surface area contributed by atoms with E-state index < -0.39 is 17.7 Å². The Morgan fingerprint density at radius 3 is 2.68 bits per heavy atom. The van der Waals surface area contributed by atoms with E-state index in [1.807, 2.05) is 0 Å². The minimum Gasteiger partial charge on any atom is -0.480 e. The maximum absolute atomic E-state index is 13.4. The lowest BCUT2D eigenvalue weighted by atomic mass is 9.95. The Morgan fingerprint density at radius 2 is 1.92 bits per heavy atom. The van der Waals surface area contributed by atoms with Crippen molar-refractivity contribution in [2.24, 2.45) is 0 Å². The van der Waals surface area contributed by atoms with Crippen LogP contribution in [0.5, 0.6) is 5.75 Å². The number of hydrogen-bond acceptors (Lipinski definition) is 7. The summed E-state index contributed by atoms with van der Waals surface area (Å²) in [6, 6.07) is 5.54. The summed E-state index contributed by atoms with van der Waals surface area (Å²) in [5.74, 6) is -1.46. The molecule has 2 amide bonds. The summed E-state index contributed by atoms with van der Waals surface area (Å²) in [7, 11) is 0. The van der Waals surface area contributed by atoms with Crippen LogP contribution >= 0.6 is 0 Å². The highest BCUT2D eigenvalue weighted by Gasteiger charge is 2.18. The fraction of sp³-hybridized carbons (Fsp3) is 0.375. The number of pyridine rings is 1. The van der Waals surface area contributed by atoms with Gasteiger partial charge in [-0.3, -0.25) is 14.9 Å². The molecule has 0 spiro atoms. The Labute approximate surface area is 209 Å². The monoisotopic (exact) mass is 516 g/mol. The van der Waals surface area contributed by atoms with Gasteiger partial charge in [0.25, 0.3) is 11.5 Å². The van der Waals surface area contributed by atoms with Crippen LogP contribution in [-0.2, 0) is 11.3 Å². The summed E-state index contributed by atoms with van der Waals surface area (Å²) in [5.41, 5.74) is 0.317. The van der Waals surface area contributed by atoms with Crippen LogP contribution in [0.4, 0.5) is 25.2 Å². The largest absolute Gasteiger partial charge is 0.480 e. The fourth-order valence-corrected chi connectivity index (χ4v) is 4.22. The smallest absolute Gasteiger partial charge is 0.410 e. The number of carbonyl (C=O) groups excluding carboxylic acids is 1. The maximum atomic E-state index is 13.4. The van der Waals surface area contributed by atoms with Crippen LogP contribution in [0.25, 0.3) is 11.0 Å². The standard InChI is InChI=1S/C16H19F2N3O.C8H7N3O4/c17-12-8-14-15(9-13(12)18)21(16(22)10-20-14)7-6-19-11-4-2-1-3-5-11;12-6-3-15-4-1-2-5(10-8(13)14)9-7(4)11-6/h8-11,19H,1-7H2;1-2H,3H2,(H,13,14)(H2,9,10,11,12). The number of amides is 2. The molecule has 4 N–H and O–H groups in total. The van der Waals surface area contributed by atoms with Crippen molar-refractivity contribution in [3.63, 3.8) is 0 Å². The number of carbonyl (C=O) groups is 2. The second kappa shape index (κ2) is 11.7. The van der Waals surface area contributed by atoms with Crippen LogP contribution in [0.3, 0.4) is 0 Å². The summed E-state index contributed by atoms with van der Waals surface area (Å²) in [6.45, 7) is 0.989. The molecule has 2 aliphatic rings. The first kappa shape index (κ1) is 25.9. The molecule has 11 nitrogen and oxygen atoms in total. The lowest BCUT2D eigenvalue weighted by Crippen LogP contribution is -2.35. The molecule has 3 heterocycles. The van der Waals surface area contributed by atoms with Gasteiger partial charge in [0.05, 0.1) is 17.2 Å². The summed E-state index contributed by atoms with van der Waals surface area (Å²) in [4.78, 5) is 41.0. The Hall–Kier alpha value is -4.13. The van der Waals surface area contributed by atoms with Crippen molar-refractivity contribution in [3.05, 3.63) is 52.5 Å². The number of benzene rings is 1. The van der Waals surface area contributed by atoms with Crippen molar-refractivity contribution < 1.29 is 28.2 Å². The van der Waals surface area contributed by atoms with Crippen molar-refractivity contribution in [2.75, 3.05) is 23.8 Å². The number of carboxylic acid groups (broad SMARTS) is 1. The molecule has 1 aliphatic heterocycles. The van der Waals surface area contributed by atoms with Crippen molar-refractivity contribution in [3.8, 4) is 5.75 Å². The van der Waals surface area contributed by atoms with Gasteiger partial charge in [-0.15, -0.1) is 0 Å². The van der Waals surface area contributed by atoms with E-state index >= 15 is 0 Å². The fourth-order valence-electron chi connectivity index (χ4n) is 4.22. The molecule has 13 heteroatoms. The molecule has 5 rings (SSSR count). The van der Waals surface area contributed by atoms with Crippen LogP contribution in [0.1, 0.15) is 32.1 Å². The quantitative estimate of drug-likeness (QED) is 0.405. The second-order valence-electron chi connectivity index (χ2n) is 8.60. The van der Waals surface area contributed by atoms with Crippen molar-refractivity contribution in [1.82, 2.24) is 19.9 Å². The summed E-state index contributed by atoms with van der Waals surface area (Å²) >= 11 is 0. The van der Waals surface area contributed by atoms with Crippen molar-refractivity contribution >= 4 is 34.7 Å². The molecule has 3 aromatic rings. The summed E-state index contributed by atoms with van der Waals surface area (Å²) in [5, 5.41) is 16.4. The molecule has 0 radical (unpaired) electrons. The van der Waals surface area contributed by atoms with Crippen molar-refractivity contribution in [2.45, 2.75) is 44.7 Å². The van der Waals surface area contributed by atoms with Gasteiger partial charge in [-0.1, -0.05) is 19.3 Å². The number of nitrogens with zero attached hydrogens (tertiary/aromatic N) is 3. The average molecular weight is 517 g/mol. The number of fused-ring (bicyclic) bond motifs is 2. The first-order valence-corrected chi connectivity index (χ1v) is 11.8. The Kier molecular flexibility index (Phi) is 8.23. The molecule has 1 aromatic carbocycles. The SMILES string of the molecule is O=C(O)Nc1ccc2c(n1)NC(=O)CO2.O=c1cnc2cc(F)c(F)cc2n1CCNC1CCCCC1. The zero-order chi connectivity index (χ0) is 26.4. The van der Waals surface area contributed by atoms with Crippen LogP contribution in [0.2, 0.25) is 0 Å². The van der Waals surface area contributed by atoms with Gasteiger partial charge in [0.1, 0.15) is 5.82 Å². The topological polar surface area (TPSA) is 147 Å². The average Bonchev–Trinajstić information content (AvgIpc) is 2.87. The van der Waals surface area contributed by atoms with Crippen LogP contribution < -0.4 is 26.2 Å². The van der Waals surface area contributed by atoms with Crippen molar-refractivity contribution in [1.29, 1.82) is 0 Å². The molecular formula is C24H26F2N6O5. The van der Waals surface area contributed by atoms with E-state index in [1.54, 1.807) is 0 Å². The van der Waals surface area contributed by atoms with Gasteiger partial charge >= 0.3 is 6.09 Å². The third kappa shape index (κ3) is 6.76. The summed E-state index contributed by atoms with van der Waals surface area (Å²) < 4.78 is 33.2. The first-order valence-electron chi connectivity index (χ1n) is 11.8. The number of aromatic nitrogens is 3. The zero-order valence-electron chi connectivity index (χ0n) is 19.8. The Morgan fingerprint density at radius 1 is 1.16 bits per heavy atom. The Bertz CT molecular complexity index is 1360. The first-order chi connectivity index (χ1) is 17.8. The number of ether oxygens (including phenoxy) is 1. The number of nitrogens with one attached hydrogen (secondary N) is 3. The number of hydrogen-bond donors (Lipinski definition) is 4. The van der Waals surface area contributed by atoms with Gasteiger partial charge in [0, 0.05) is 31.3 Å². The lowest BCUT2D eigenvalue weighted by molar-refractivity contribution is -0.118. The van der Waals surface area contributed by atoms with Gasteiger partial charge < -0.3 is 25.0 Å². The number of rotatable bonds is 5. The van der Waals surface area contributed by atoms with E-state index in [-0.39, 0.29) is 35.2 Å². The predicted octanol–water partition coefficient (Wildman–Crippen LogP) is 3.10. The van der Waals surface area contributed by atoms with Crippen LogP contribution in [-0.4, -0.2) is 50.8 Å². The second-order valence-corrected chi connectivity index (χ2v) is 8.60. The normalized spacial score (nSPS) is 15.1. The molecule has 0 bridgehead atoms. The molecule has 1 fully saturated rings. The Balaban J connectivity index is 0.000000186. The lowest BCUT2D eigenvalue weighted by Gasteiger charge is -2.23. The van der Waals surface area contributed by atoms with Crippen LogP contribution in [0.15, 0.2) is 35.3 Å². The highest BCUT2D eigenvalue weighted by molar-refractivity contribution is 5.94. The van der Waals surface area contributed by atoms with E-state index in [9.17, 15) is 23.2 Å². The molecule has 0 atom stereocenters. The van der Waals surface area contributed by atoms with Gasteiger partial charge in [-0.05, 0) is 25.0 Å². The van der Waals surface area contributed by atoms with Gasteiger partial charge in [0.15, 0.2) is 29.8 Å². The summed E-state index contributed by atoms with van der Waals surface area (Å²) in [6.07, 6.45) is 6.02. The minimum absolute atomic E-state index is 0.0552. The molecular weight excluding hydrogens is 490 g/mol. The molecule has 1 saturated carbocycles. The van der Waals surface area contributed by atoms with Gasteiger partial charge in [-0.25, -0.2) is 23.5 Å². The number of halogens is 2. The van der Waals surface area contributed by atoms with E-state index in [4.69, 9.17) is 9.84 Å². The van der Waals surface area contributed by atoms with E-state index in [2.05, 4.69) is 25.9 Å². The molecule has 0 saturated heterocycles. The number of anilines is 2. The minimum atomic E-state index is -1.22. The molecule has 196 valence electrons. The maximum Gasteiger partial charge on any atom is 0.410 e. The van der Waals surface area contributed by atoms with E-state index in [1.165, 1.54) is 36.0 Å². The van der Waals surface area contributed by atoms with E-state index in [0.717, 1.165) is 31.2 Å². The molecule has 2 aromatic heterocycles. The predicted molar refractivity (Wildman–Crippen MR) is 131 cm³/mol. The zero-order valence-corrected chi connectivity index (χ0v) is 19.8. The highest BCUT2D eigenvalue weighted by Crippen LogP contribution is 2.26.